The van der Waals surface area contributed by atoms with Gasteiger partial charge in [0.2, 0.25) is 5.65 Å². The second-order valence-corrected chi connectivity index (χ2v) is 5.67. The zero-order valence-electron chi connectivity index (χ0n) is 15.3. The lowest BCUT2D eigenvalue weighted by atomic mass is 10.2. The fourth-order valence-electron chi connectivity index (χ4n) is 2.70. The van der Waals surface area contributed by atoms with Crippen LogP contribution in [0.1, 0.15) is 31.2 Å². The van der Waals surface area contributed by atoms with Crippen molar-refractivity contribution in [2.45, 2.75) is 27.3 Å². The maximum atomic E-state index is 14.3. The zero-order chi connectivity index (χ0) is 19.4. The molecule has 0 radical (unpaired) electrons. The number of nitrogens with zero attached hydrogens (tertiary/aromatic N) is 6. The predicted molar refractivity (Wildman–Crippen MR) is 99.6 cm³/mol. The molecule has 3 heterocycles. The highest BCUT2D eigenvalue weighted by molar-refractivity contribution is 6.08. The molecule has 3 aromatic rings. The standard InChI is InChI=1S/C18H20FN7O/c1-4-6-14(19)13(9-20)17-21-7-8-25(17)10-15-16(27-5-2)18-23-12(3)24-26(18)11-22-15/h4,6-9,11,20H,5,10H2,1-3H3/b6-4+,14-13+,20-9?. The third-order valence-electron chi connectivity index (χ3n) is 3.81. The molecule has 0 aliphatic rings. The van der Waals surface area contributed by atoms with Gasteiger partial charge in [0.1, 0.15) is 29.5 Å². The van der Waals surface area contributed by atoms with Gasteiger partial charge in [-0.1, -0.05) is 6.08 Å². The number of allylic oxidation sites excluding steroid dienone is 4. The van der Waals surface area contributed by atoms with E-state index in [9.17, 15) is 4.39 Å². The van der Waals surface area contributed by atoms with Crippen LogP contribution in [0.2, 0.25) is 0 Å². The minimum atomic E-state index is -0.526. The molecule has 0 spiro atoms. The fraction of sp³-hybridized carbons (Fsp3) is 0.278. The van der Waals surface area contributed by atoms with E-state index in [1.807, 2.05) is 6.92 Å². The molecule has 3 aromatic heterocycles. The fourth-order valence-corrected chi connectivity index (χ4v) is 2.70. The van der Waals surface area contributed by atoms with Crippen LogP contribution < -0.4 is 4.74 Å². The van der Waals surface area contributed by atoms with Gasteiger partial charge >= 0.3 is 0 Å². The first-order valence-electron chi connectivity index (χ1n) is 8.47. The third kappa shape index (κ3) is 3.62. The van der Waals surface area contributed by atoms with Crippen molar-refractivity contribution in [2.75, 3.05) is 6.61 Å². The van der Waals surface area contributed by atoms with E-state index in [0.29, 0.717) is 35.3 Å². The lowest BCUT2D eigenvalue weighted by Gasteiger charge is -2.12. The van der Waals surface area contributed by atoms with Crippen molar-refractivity contribution >= 4 is 17.4 Å². The van der Waals surface area contributed by atoms with Gasteiger partial charge in [-0.2, -0.15) is 9.61 Å². The molecular weight excluding hydrogens is 349 g/mol. The number of aromatic nitrogens is 6. The van der Waals surface area contributed by atoms with Gasteiger partial charge in [0, 0.05) is 18.6 Å². The molecule has 0 aromatic carbocycles. The Hall–Kier alpha value is -3.36. The Morgan fingerprint density at radius 1 is 1.37 bits per heavy atom. The Labute approximate surface area is 155 Å². The SMILES string of the molecule is C/C=C/C(F)=C(/C=N)c1nccn1Cc1ncn2nc(C)nc2c1OCC. The molecule has 9 heteroatoms. The molecule has 0 aliphatic heterocycles. The monoisotopic (exact) mass is 369 g/mol. The summed E-state index contributed by atoms with van der Waals surface area (Å²) in [5.74, 6) is 0.944. The van der Waals surface area contributed by atoms with Crippen LogP contribution >= 0.6 is 0 Å². The van der Waals surface area contributed by atoms with Crippen molar-refractivity contribution in [1.82, 2.24) is 29.1 Å². The van der Waals surface area contributed by atoms with Gasteiger partial charge in [-0.25, -0.2) is 19.3 Å². The van der Waals surface area contributed by atoms with Crippen LogP contribution in [0.3, 0.4) is 0 Å². The van der Waals surface area contributed by atoms with Gasteiger partial charge < -0.3 is 14.7 Å². The predicted octanol–water partition coefficient (Wildman–Crippen LogP) is 2.98. The third-order valence-corrected chi connectivity index (χ3v) is 3.81. The van der Waals surface area contributed by atoms with Crippen molar-refractivity contribution in [3.05, 3.63) is 54.0 Å². The Kier molecular flexibility index (Phi) is 5.39. The first-order chi connectivity index (χ1) is 13.1. The van der Waals surface area contributed by atoms with E-state index in [1.165, 1.54) is 6.08 Å². The zero-order valence-corrected chi connectivity index (χ0v) is 15.3. The average Bonchev–Trinajstić information content (AvgIpc) is 3.24. The molecule has 27 heavy (non-hydrogen) atoms. The van der Waals surface area contributed by atoms with Gasteiger partial charge in [-0.15, -0.1) is 0 Å². The van der Waals surface area contributed by atoms with E-state index in [2.05, 4.69) is 20.1 Å². The van der Waals surface area contributed by atoms with E-state index >= 15 is 0 Å². The number of halogens is 1. The number of aryl methyl sites for hydroxylation is 1. The van der Waals surface area contributed by atoms with Crippen molar-refractivity contribution in [2.24, 2.45) is 0 Å². The van der Waals surface area contributed by atoms with E-state index in [1.54, 1.807) is 47.7 Å². The highest BCUT2D eigenvalue weighted by atomic mass is 19.1. The number of hydrogen-bond donors (Lipinski definition) is 1. The summed E-state index contributed by atoms with van der Waals surface area (Å²) < 4.78 is 23.3. The molecule has 0 saturated heterocycles. The van der Waals surface area contributed by atoms with E-state index in [-0.39, 0.29) is 12.1 Å². The molecule has 0 aliphatic carbocycles. The molecule has 0 fully saturated rings. The van der Waals surface area contributed by atoms with Crippen LogP contribution in [-0.2, 0) is 6.54 Å². The van der Waals surface area contributed by atoms with Gasteiger partial charge in [0.25, 0.3) is 0 Å². The summed E-state index contributed by atoms with van der Waals surface area (Å²) in [4.78, 5) is 13.0. The quantitative estimate of drug-likeness (QED) is 0.510. The minimum Gasteiger partial charge on any atom is -0.488 e. The van der Waals surface area contributed by atoms with Gasteiger partial charge in [0.05, 0.1) is 18.7 Å². The highest BCUT2D eigenvalue weighted by Gasteiger charge is 2.17. The average molecular weight is 369 g/mol. The molecule has 0 saturated carbocycles. The van der Waals surface area contributed by atoms with Gasteiger partial charge in [0.15, 0.2) is 5.75 Å². The Bertz CT molecular complexity index is 1030. The minimum absolute atomic E-state index is 0.0930. The summed E-state index contributed by atoms with van der Waals surface area (Å²) in [6.07, 6.45) is 8.66. The van der Waals surface area contributed by atoms with Crippen molar-refractivity contribution in [1.29, 1.82) is 5.41 Å². The molecular formula is C18H20FN7O. The Balaban J connectivity index is 2.07. The number of hydrogen-bond acceptors (Lipinski definition) is 6. The molecule has 0 unspecified atom stereocenters. The molecule has 3 rings (SSSR count). The van der Waals surface area contributed by atoms with Gasteiger partial charge in [-0.05, 0) is 26.8 Å². The van der Waals surface area contributed by atoms with E-state index in [4.69, 9.17) is 10.1 Å². The second kappa shape index (κ2) is 7.90. The maximum absolute atomic E-state index is 14.3. The lowest BCUT2D eigenvalue weighted by molar-refractivity contribution is 0.335. The van der Waals surface area contributed by atoms with Crippen LogP contribution in [0.25, 0.3) is 11.2 Å². The summed E-state index contributed by atoms with van der Waals surface area (Å²) in [6, 6.07) is 0. The summed E-state index contributed by atoms with van der Waals surface area (Å²) in [6.45, 7) is 6.11. The van der Waals surface area contributed by atoms with E-state index in [0.717, 1.165) is 6.21 Å². The Morgan fingerprint density at radius 3 is 2.89 bits per heavy atom. The van der Waals surface area contributed by atoms with E-state index < -0.39 is 5.83 Å². The molecule has 0 atom stereocenters. The first-order valence-corrected chi connectivity index (χ1v) is 8.47. The topological polar surface area (TPSA) is 94.0 Å². The molecule has 0 bridgehead atoms. The summed E-state index contributed by atoms with van der Waals surface area (Å²) in [7, 11) is 0. The smallest absolute Gasteiger partial charge is 0.201 e. The van der Waals surface area contributed by atoms with Crippen LogP contribution in [0.5, 0.6) is 5.75 Å². The van der Waals surface area contributed by atoms with Gasteiger partial charge in [-0.3, -0.25) is 0 Å². The van der Waals surface area contributed by atoms with Crippen LogP contribution in [0.4, 0.5) is 4.39 Å². The van der Waals surface area contributed by atoms with Crippen LogP contribution in [0.15, 0.2) is 36.7 Å². The number of fused-ring (bicyclic) bond motifs is 1. The van der Waals surface area contributed by atoms with Crippen molar-refractivity contribution in [3.8, 4) is 5.75 Å². The summed E-state index contributed by atoms with van der Waals surface area (Å²) in [5.41, 5.74) is 1.28. The number of nitrogens with one attached hydrogen (secondary N) is 1. The summed E-state index contributed by atoms with van der Waals surface area (Å²) in [5, 5.41) is 11.8. The molecule has 140 valence electrons. The van der Waals surface area contributed by atoms with Crippen LogP contribution in [-0.4, -0.2) is 42.0 Å². The molecule has 0 amide bonds. The van der Waals surface area contributed by atoms with Crippen LogP contribution in [0, 0.1) is 12.3 Å². The first kappa shape index (κ1) is 18.4. The number of imidazole rings is 1. The number of ether oxygens (including phenoxy) is 1. The summed E-state index contributed by atoms with van der Waals surface area (Å²) >= 11 is 0. The molecule has 8 nitrogen and oxygen atoms in total. The normalized spacial score (nSPS) is 12.6. The van der Waals surface area contributed by atoms with Crippen molar-refractivity contribution in [3.63, 3.8) is 0 Å². The van der Waals surface area contributed by atoms with Crippen molar-refractivity contribution < 1.29 is 9.13 Å². The maximum Gasteiger partial charge on any atom is 0.201 e. The molecule has 1 N–H and O–H groups in total. The number of rotatable bonds is 7. The largest absolute Gasteiger partial charge is 0.488 e. The highest BCUT2D eigenvalue weighted by Crippen LogP contribution is 2.25. The lowest BCUT2D eigenvalue weighted by Crippen LogP contribution is -2.10. The second-order valence-electron chi connectivity index (χ2n) is 5.67. The Morgan fingerprint density at radius 2 is 2.19 bits per heavy atom.